The van der Waals surface area contributed by atoms with Crippen LogP contribution in [-0.4, -0.2) is 11.8 Å². The number of furan rings is 1. The lowest BCUT2D eigenvalue weighted by Crippen LogP contribution is -2.14. The molecule has 1 heterocycles. The molecule has 0 saturated carbocycles. The maximum atomic E-state index is 12.7. The van der Waals surface area contributed by atoms with Crippen molar-refractivity contribution in [1.82, 2.24) is 0 Å². The highest BCUT2D eigenvalue weighted by atomic mass is 16.3. The van der Waals surface area contributed by atoms with E-state index in [0.717, 1.165) is 22.9 Å². The van der Waals surface area contributed by atoms with E-state index in [1.165, 1.54) is 6.92 Å². The van der Waals surface area contributed by atoms with E-state index in [1.54, 1.807) is 6.07 Å². The summed E-state index contributed by atoms with van der Waals surface area (Å²) in [6.07, 6.45) is 0.759. The van der Waals surface area contributed by atoms with E-state index in [-0.39, 0.29) is 11.8 Å². The van der Waals surface area contributed by atoms with E-state index in [2.05, 4.69) is 10.6 Å². The van der Waals surface area contributed by atoms with Crippen LogP contribution in [0.4, 0.5) is 11.4 Å². The van der Waals surface area contributed by atoms with Crippen molar-refractivity contribution in [3.63, 3.8) is 0 Å². The molecule has 3 aromatic rings. The molecule has 25 heavy (non-hydrogen) atoms. The van der Waals surface area contributed by atoms with Crippen LogP contribution >= 0.6 is 0 Å². The molecule has 1 aromatic heterocycles. The number of rotatable bonds is 4. The summed E-state index contributed by atoms with van der Waals surface area (Å²) in [6.45, 7) is 5.33. The minimum Gasteiger partial charge on any atom is -0.451 e. The smallest absolute Gasteiger partial charge is 0.291 e. The Morgan fingerprint density at radius 2 is 1.84 bits per heavy atom. The molecule has 0 atom stereocenters. The minimum atomic E-state index is -0.302. The number of para-hydroxylation sites is 1. The zero-order valence-corrected chi connectivity index (χ0v) is 14.5. The second-order valence-electron chi connectivity index (χ2n) is 5.91. The summed E-state index contributed by atoms with van der Waals surface area (Å²) in [7, 11) is 0. The van der Waals surface area contributed by atoms with E-state index in [0.29, 0.717) is 22.7 Å². The van der Waals surface area contributed by atoms with Crippen LogP contribution < -0.4 is 10.6 Å². The lowest BCUT2D eigenvalue weighted by molar-refractivity contribution is -0.114. The number of hydrogen-bond donors (Lipinski definition) is 2. The highest BCUT2D eigenvalue weighted by Gasteiger charge is 2.18. The Kier molecular flexibility index (Phi) is 4.57. The molecule has 0 aliphatic heterocycles. The number of amides is 2. The van der Waals surface area contributed by atoms with Crippen LogP contribution in [0, 0.1) is 6.92 Å². The molecule has 2 amide bonds. The van der Waals surface area contributed by atoms with Gasteiger partial charge in [-0.1, -0.05) is 31.2 Å². The summed E-state index contributed by atoms with van der Waals surface area (Å²) in [5, 5.41) is 6.56. The molecule has 0 saturated heterocycles. The highest BCUT2D eigenvalue weighted by molar-refractivity contribution is 6.07. The first-order valence-electron chi connectivity index (χ1n) is 8.19. The Morgan fingerprint density at radius 3 is 2.52 bits per heavy atom. The quantitative estimate of drug-likeness (QED) is 0.736. The van der Waals surface area contributed by atoms with Gasteiger partial charge in [0.05, 0.1) is 0 Å². The largest absolute Gasteiger partial charge is 0.451 e. The Balaban J connectivity index is 1.93. The number of fused-ring (bicyclic) bond motifs is 1. The molecule has 128 valence electrons. The van der Waals surface area contributed by atoms with E-state index in [1.807, 2.05) is 50.2 Å². The first-order valence-corrected chi connectivity index (χ1v) is 8.19. The van der Waals surface area contributed by atoms with E-state index >= 15 is 0 Å². The summed E-state index contributed by atoms with van der Waals surface area (Å²) in [6, 6.07) is 13.0. The molecule has 0 aliphatic rings. The summed E-state index contributed by atoms with van der Waals surface area (Å²) in [4.78, 5) is 24.0. The number of anilines is 2. The molecule has 0 fully saturated rings. The molecule has 0 unspecified atom stereocenters. The molecule has 3 rings (SSSR count). The van der Waals surface area contributed by atoms with Crippen LogP contribution in [0.3, 0.4) is 0 Å². The molecule has 0 radical (unpaired) electrons. The molecule has 2 aromatic carbocycles. The van der Waals surface area contributed by atoms with Crippen molar-refractivity contribution in [2.75, 3.05) is 10.6 Å². The highest BCUT2D eigenvalue weighted by Crippen LogP contribution is 2.27. The number of aryl methyl sites for hydroxylation is 2. The predicted octanol–water partition coefficient (Wildman–Crippen LogP) is 4.51. The molecule has 5 nitrogen and oxygen atoms in total. The number of benzene rings is 2. The summed E-state index contributed by atoms with van der Waals surface area (Å²) in [5.41, 5.74) is 3.79. The molecule has 0 spiro atoms. The molecule has 0 aliphatic carbocycles. The second kappa shape index (κ2) is 6.81. The Bertz CT molecular complexity index is 957. The van der Waals surface area contributed by atoms with Crippen LogP contribution in [-0.2, 0) is 11.2 Å². The summed E-state index contributed by atoms with van der Waals surface area (Å²) in [5.74, 6) is -0.161. The fraction of sp³-hybridized carbons (Fsp3) is 0.200. The monoisotopic (exact) mass is 336 g/mol. The van der Waals surface area contributed by atoms with Gasteiger partial charge in [-0.05, 0) is 37.1 Å². The van der Waals surface area contributed by atoms with Crippen molar-refractivity contribution in [2.24, 2.45) is 0 Å². The van der Waals surface area contributed by atoms with Crippen molar-refractivity contribution in [2.45, 2.75) is 27.2 Å². The van der Waals surface area contributed by atoms with Crippen LogP contribution in [0.15, 0.2) is 46.9 Å². The number of hydrogen-bond acceptors (Lipinski definition) is 3. The Labute approximate surface area is 146 Å². The van der Waals surface area contributed by atoms with Crippen molar-refractivity contribution in [3.8, 4) is 0 Å². The standard InChI is InChI=1S/C20H20N2O3/c1-4-14-9-10-15(21-13(3)23)11-17(14)22-20(24)19-12(2)16-7-5-6-8-18(16)25-19/h5-11H,4H2,1-3H3,(H,21,23)(H,22,24). The van der Waals surface area contributed by atoms with E-state index in [9.17, 15) is 9.59 Å². The number of carbonyl (C=O) groups is 2. The van der Waals surface area contributed by atoms with Gasteiger partial charge in [-0.15, -0.1) is 0 Å². The zero-order valence-electron chi connectivity index (χ0n) is 14.5. The van der Waals surface area contributed by atoms with Gasteiger partial charge in [0.25, 0.3) is 5.91 Å². The average molecular weight is 336 g/mol. The van der Waals surface area contributed by atoms with Gasteiger partial charge in [0.15, 0.2) is 5.76 Å². The van der Waals surface area contributed by atoms with Gasteiger partial charge in [-0.3, -0.25) is 9.59 Å². The van der Waals surface area contributed by atoms with E-state index < -0.39 is 0 Å². The fourth-order valence-electron chi connectivity index (χ4n) is 2.85. The van der Waals surface area contributed by atoms with Crippen molar-refractivity contribution < 1.29 is 14.0 Å². The Morgan fingerprint density at radius 1 is 1.08 bits per heavy atom. The van der Waals surface area contributed by atoms with Crippen LogP contribution in [0.1, 0.15) is 35.5 Å². The SMILES string of the molecule is CCc1ccc(NC(C)=O)cc1NC(=O)c1oc2ccccc2c1C. The van der Waals surface area contributed by atoms with Crippen LogP contribution in [0.2, 0.25) is 0 Å². The molecule has 0 bridgehead atoms. The predicted molar refractivity (Wildman–Crippen MR) is 99.0 cm³/mol. The molecule has 2 N–H and O–H groups in total. The zero-order chi connectivity index (χ0) is 18.0. The molecule has 5 heteroatoms. The van der Waals surface area contributed by atoms with Gasteiger partial charge in [-0.25, -0.2) is 0 Å². The minimum absolute atomic E-state index is 0.158. The first-order chi connectivity index (χ1) is 12.0. The number of nitrogens with one attached hydrogen (secondary N) is 2. The third-order valence-electron chi connectivity index (χ3n) is 4.11. The van der Waals surface area contributed by atoms with Crippen molar-refractivity contribution in [3.05, 3.63) is 59.4 Å². The number of carbonyl (C=O) groups excluding carboxylic acids is 2. The Hall–Kier alpha value is -3.08. The average Bonchev–Trinajstić information content (AvgIpc) is 2.92. The van der Waals surface area contributed by atoms with Gasteiger partial charge < -0.3 is 15.1 Å². The third-order valence-corrected chi connectivity index (χ3v) is 4.11. The first kappa shape index (κ1) is 16.8. The van der Waals surface area contributed by atoms with E-state index in [4.69, 9.17) is 4.42 Å². The summed E-state index contributed by atoms with van der Waals surface area (Å²) >= 11 is 0. The van der Waals surface area contributed by atoms with Crippen LogP contribution in [0.25, 0.3) is 11.0 Å². The van der Waals surface area contributed by atoms with Crippen LogP contribution in [0.5, 0.6) is 0 Å². The lowest BCUT2D eigenvalue weighted by Gasteiger charge is -2.12. The second-order valence-corrected chi connectivity index (χ2v) is 5.91. The normalized spacial score (nSPS) is 10.7. The van der Waals surface area contributed by atoms with Gasteiger partial charge in [0, 0.05) is 29.2 Å². The lowest BCUT2D eigenvalue weighted by atomic mass is 10.1. The topological polar surface area (TPSA) is 71.3 Å². The molecular formula is C20H20N2O3. The van der Waals surface area contributed by atoms with Gasteiger partial charge in [-0.2, -0.15) is 0 Å². The maximum absolute atomic E-state index is 12.7. The molecular weight excluding hydrogens is 316 g/mol. The van der Waals surface area contributed by atoms with Gasteiger partial charge in [0.1, 0.15) is 5.58 Å². The van der Waals surface area contributed by atoms with Gasteiger partial charge in [0.2, 0.25) is 5.91 Å². The third kappa shape index (κ3) is 3.40. The maximum Gasteiger partial charge on any atom is 0.291 e. The van der Waals surface area contributed by atoms with Gasteiger partial charge >= 0.3 is 0 Å². The summed E-state index contributed by atoms with van der Waals surface area (Å²) < 4.78 is 5.72. The fourth-order valence-corrected chi connectivity index (χ4v) is 2.85. The van der Waals surface area contributed by atoms with Crippen molar-refractivity contribution >= 4 is 34.2 Å². The van der Waals surface area contributed by atoms with Crippen molar-refractivity contribution in [1.29, 1.82) is 0 Å².